The van der Waals surface area contributed by atoms with Gasteiger partial charge in [-0.1, -0.05) is 58.4 Å². The largest absolute Gasteiger partial charge is 0.388 e. The number of aliphatic hydroxyl groups excluding tert-OH is 1. The Kier molecular flexibility index (Phi) is 5.84. The number of ether oxygens (including phenoxy) is 1. The fraction of sp³-hybridized carbons (Fsp3) is 0.368. The van der Waals surface area contributed by atoms with Gasteiger partial charge in [-0.15, -0.1) is 0 Å². The van der Waals surface area contributed by atoms with Gasteiger partial charge in [0.1, 0.15) is 0 Å². The van der Waals surface area contributed by atoms with Crippen molar-refractivity contribution in [2.75, 3.05) is 32.8 Å². The molecule has 3 nitrogen and oxygen atoms in total. The number of hydrogen-bond acceptors (Lipinski definition) is 3. The van der Waals surface area contributed by atoms with E-state index in [0.717, 1.165) is 42.9 Å². The fourth-order valence-electron chi connectivity index (χ4n) is 3.04. The van der Waals surface area contributed by atoms with Crippen LogP contribution >= 0.6 is 15.9 Å². The first kappa shape index (κ1) is 16.7. The lowest BCUT2D eigenvalue weighted by atomic mass is 9.88. The predicted octanol–water partition coefficient (Wildman–Crippen LogP) is 3.60. The number of hydrogen-bond donors (Lipinski definition) is 1. The minimum Gasteiger partial charge on any atom is -0.388 e. The van der Waals surface area contributed by atoms with E-state index in [4.69, 9.17) is 4.74 Å². The highest BCUT2D eigenvalue weighted by atomic mass is 79.9. The van der Waals surface area contributed by atoms with Gasteiger partial charge < -0.3 is 9.84 Å². The summed E-state index contributed by atoms with van der Waals surface area (Å²) in [6, 6.07) is 18.2. The van der Waals surface area contributed by atoms with Gasteiger partial charge in [-0.25, -0.2) is 0 Å². The maximum Gasteiger partial charge on any atom is 0.0870 e. The molecular formula is C19H22BrNO2. The van der Waals surface area contributed by atoms with E-state index in [-0.39, 0.29) is 5.92 Å². The smallest absolute Gasteiger partial charge is 0.0870 e. The van der Waals surface area contributed by atoms with Crippen LogP contribution in [0.3, 0.4) is 0 Å². The van der Waals surface area contributed by atoms with E-state index >= 15 is 0 Å². The summed E-state index contributed by atoms with van der Waals surface area (Å²) >= 11 is 3.45. The maximum atomic E-state index is 11.0. The summed E-state index contributed by atoms with van der Waals surface area (Å²) in [6.07, 6.45) is -0.520. The summed E-state index contributed by atoms with van der Waals surface area (Å²) < 4.78 is 6.46. The lowest BCUT2D eigenvalue weighted by Gasteiger charge is -2.33. The van der Waals surface area contributed by atoms with Crippen LogP contribution in [0.5, 0.6) is 0 Å². The highest BCUT2D eigenvalue weighted by Crippen LogP contribution is 2.32. The van der Waals surface area contributed by atoms with Crippen LogP contribution in [-0.4, -0.2) is 42.9 Å². The van der Waals surface area contributed by atoms with Crippen molar-refractivity contribution in [1.82, 2.24) is 4.90 Å². The minimum absolute atomic E-state index is 0.0514. The standard InChI is InChI=1S/C19H22BrNO2/c20-17-8-6-16(7-9-17)19(22)18(15-4-2-1-3-5-15)14-21-10-12-23-13-11-21/h1-9,18-19,22H,10-14H2. The van der Waals surface area contributed by atoms with Crippen LogP contribution in [0.2, 0.25) is 0 Å². The van der Waals surface area contributed by atoms with Crippen LogP contribution < -0.4 is 0 Å². The van der Waals surface area contributed by atoms with E-state index in [0.29, 0.717) is 0 Å². The molecule has 23 heavy (non-hydrogen) atoms. The van der Waals surface area contributed by atoms with E-state index < -0.39 is 6.10 Å². The summed E-state index contributed by atoms with van der Waals surface area (Å²) in [5.41, 5.74) is 2.13. The van der Waals surface area contributed by atoms with E-state index in [1.54, 1.807) is 0 Å². The van der Waals surface area contributed by atoms with Gasteiger partial charge in [0.05, 0.1) is 19.3 Å². The van der Waals surface area contributed by atoms with Gasteiger partial charge in [0.2, 0.25) is 0 Å². The highest BCUT2D eigenvalue weighted by molar-refractivity contribution is 9.10. The van der Waals surface area contributed by atoms with Crippen molar-refractivity contribution >= 4 is 15.9 Å². The molecule has 1 saturated heterocycles. The SMILES string of the molecule is OC(c1ccc(Br)cc1)C(CN1CCOCC1)c1ccccc1. The zero-order valence-corrected chi connectivity index (χ0v) is 14.7. The predicted molar refractivity (Wildman–Crippen MR) is 95.5 cm³/mol. The Balaban J connectivity index is 1.83. The molecule has 0 amide bonds. The number of nitrogens with zero attached hydrogens (tertiary/aromatic N) is 1. The number of halogens is 1. The molecule has 0 aliphatic carbocycles. The van der Waals surface area contributed by atoms with Crippen LogP contribution in [0.1, 0.15) is 23.1 Å². The first-order valence-electron chi connectivity index (χ1n) is 8.02. The molecule has 0 aromatic heterocycles. The summed E-state index contributed by atoms with van der Waals surface area (Å²) in [6.45, 7) is 4.24. The number of benzene rings is 2. The van der Waals surface area contributed by atoms with Crippen molar-refractivity contribution in [2.24, 2.45) is 0 Å². The fourth-order valence-corrected chi connectivity index (χ4v) is 3.31. The molecule has 0 bridgehead atoms. The van der Waals surface area contributed by atoms with E-state index in [2.05, 4.69) is 33.0 Å². The molecule has 122 valence electrons. The normalized spacial score (nSPS) is 18.5. The summed E-state index contributed by atoms with van der Waals surface area (Å²) in [5.74, 6) is 0.0514. The topological polar surface area (TPSA) is 32.7 Å². The average molecular weight is 376 g/mol. The molecule has 2 unspecified atom stereocenters. The minimum atomic E-state index is -0.520. The monoisotopic (exact) mass is 375 g/mol. The van der Waals surface area contributed by atoms with Crippen LogP contribution in [-0.2, 0) is 4.74 Å². The first-order valence-corrected chi connectivity index (χ1v) is 8.82. The summed E-state index contributed by atoms with van der Waals surface area (Å²) in [4.78, 5) is 2.38. The molecule has 1 aliphatic rings. The Morgan fingerprint density at radius 1 is 0.957 bits per heavy atom. The van der Waals surface area contributed by atoms with Crippen molar-refractivity contribution in [3.63, 3.8) is 0 Å². The molecule has 0 saturated carbocycles. The summed E-state index contributed by atoms with van der Waals surface area (Å²) in [5, 5.41) is 11.0. The first-order chi connectivity index (χ1) is 11.2. The molecule has 1 N–H and O–H groups in total. The zero-order chi connectivity index (χ0) is 16.1. The Labute approximate surface area is 146 Å². The van der Waals surface area contributed by atoms with E-state index in [1.165, 1.54) is 5.56 Å². The van der Waals surface area contributed by atoms with Gasteiger partial charge in [0.15, 0.2) is 0 Å². The van der Waals surface area contributed by atoms with Crippen LogP contribution in [0.4, 0.5) is 0 Å². The van der Waals surface area contributed by atoms with Crippen molar-refractivity contribution < 1.29 is 9.84 Å². The van der Waals surface area contributed by atoms with Crippen molar-refractivity contribution in [2.45, 2.75) is 12.0 Å². The molecule has 2 aromatic carbocycles. The molecule has 1 heterocycles. The molecular weight excluding hydrogens is 354 g/mol. The van der Waals surface area contributed by atoms with Gasteiger partial charge in [0.25, 0.3) is 0 Å². The van der Waals surface area contributed by atoms with Gasteiger partial charge in [-0.3, -0.25) is 4.90 Å². The molecule has 4 heteroatoms. The molecule has 1 fully saturated rings. The molecule has 2 aromatic rings. The third-order valence-electron chi connectivity index (χ3n) is 4.38. The quantitative estimate of drug-likeness (QED) is 0.866. The lowest BCUT2D eigenvalue weighted by Crippen LogP contribution is -2.39. The molecule has 1 aliphatic heterocycles. The molecule has 2 atom stereocenters. The second-order valence-corrected chi connectivity index (χ2v) is 6.84. The third-order valence-corrected chi connectivity index (χ3v) is 4.91. The number of aliphatic hydroxyl groups is 1. The molecule has 3 rings (SSSR count). The Hall–Kier alpha value is -1.20. The summed E-state index contributed by atoms with van der Waals surface area (Å²) in [7, 11) is 0. The second kappa shape index (κ2) is 8.06. The van der Waals surface area contributed by atoms with E-state index in [1.807, 2.05) is 42.5 Å². The molecule has 0 spiro atoms. The van der Waals surface area contributed by atoms with Crippen molar-refractivity contribution in [3.05, 3.63) is 70.2 Å². The Morgan fingerprint density at radius 3 is 2.26 bits per heavy atom. The van der Waals surface area contributed by atoms with Gasteiger partial charge in [0, 0.05) is 30.0 Å². The number of rotatable bonds is 5. The molecule has 0 radical (unpaired) electrons. The lowest BCUT2D eigenvalue weighted by molar-refractivity contribution is 0.0240. The highest BCUT2D eigenvalue weighted by Gasteiger charge is 2.26. The van der Waals surface area contributed by atoms with Gasteiger partial charge in [-0.05, 0) is 23.3 Å². The van der Waals surface area contributed by atoms with Crippen LogP contribution in [0.25, 0.3) is 0 Å². The average Bonchev–Trinajstić information content (AvgIpc) is 2.61. The zero-order valence-electron chi connectivity index (χ0n) is 13.1. The second-order valence-electron chi connectivity index (χ2n) is 5.93. The van der Waals surface area contributed by atoms with Crippen LogP contribution in [0, 0.1) is 0 Å². The Bertz CT molecular complexity index is 597. The van der Waals surface area contributed by atoms with E-state index in [9.17, 15) is 5.11 Å². The van der Waals surface area contributed by atoms with Gasteiger partial charge >= 0.3 is 0 Å². The maximum absolute atomic E-state index is 11.0. The van der Waals surface area contributed by atoms with Crippen LogP contribution in [0.15, 0.2) is 59.1 Å². The van der Waals surface area contributed by atoms with Crippen molar-refractivity contribution in [1.29, 1.82) is 0 Å². The third kappa shape index (κ3) is 4.42. The number of morpholine rings is 1. The Morgan fingerprint density at radius 2 is 1.61 bits per heavy atom. The van der Waals surface area contributed by atoms with Crippen molar-refractivity contribution in [3.8, 4) is 0 Å². The van der Waals surface area contributed by atoms with Gasteiger partial charge in [-0.2, -0.15) is 0 Å².